The van der Waals surface area contributed by atoms with Gasteiger partial charge < -0.3 is 15.4 Å². The van der Waals surface area contributed by atoms with Gasteiger partial charge in [0.25, 0.3) is 0 Å². The molecule has 2 amide bonds. The Kier molecular flexibility index (Phi) is 6.46. The maximum absolute atomic E-state index is 12.7. The van der Waals surface area contributed by atoms with Crippen LogP contribution in [0.5, 0.6) is 0 Å². The van der Waals surface area contributed by atoms with Crippen LogP contribution in [0, 0.1) is 29.1 Å². The van der Waals surface area contributed by atoms with E-state index in [1.54, 1.807) is 14.2 Å². The van der Waals surface area contributed by atoms with E-state index in [-0.39, 0.29) is 35.5 Å². The summed E-state index contributed by atoms with van der Waals surface area (Å²) in [7, 11) is 3.55. The van der Waals surface area contributed by atoms with Gasteiger partial charge in [-0.2, -0.15) is 0 Å². The predicted octanol–water partition coefficient (Wildman–Crippen LogP) is 1.95. The minimum atomic E-state index is -0.0930. The van der Waals surface area contributed by atoms with Crippen LogP contribution >= 0.6 is 0 Å². The molecule has 1 aliphatic heterocycles. The molecule has 0 spiro atoms. The Bertz CT molecular complexity index is 683. The van der Waals surface area contributed by atoms with Crippen LogP contribution in [0.4, 0.5) is 0 Å². The number of hydrogen-bond acceptors (Lipinski definition) is 4. The number of likely N-dealkylation sites (tertiary alicyclic amines) is 1. The molecule has 1 heterocycles. The van der Waals surface area contributed by atoms with Crippen LogP contribution in [-0.4, -0.2) is 63.1 Å². The van der Waals surface area contributed by atoms with Crippen LogP contribution < -0.4 is 10.6 Å². The minimum absolute atomic E-state index is 0.0469. The first-order valence-corrected chi connectivity index (χ1v) is 11.6. The molecule has 2 saturated carbocycles. The third-order valence-corrected chi connectivity index (χ3v) is 7.77. The van der Waals surface area contributed by atoms with Crippen molar-refractivity contribution in [2.75, 3.05) is 40.4 Å². The van der Waals surface area contributed by atoms with Crippen molar-refractivity contribution in [1.82, 2.24) is 15.5 Å². The molecule has 4 atom stereocenters. The molecule has 2 bridgehead atoms. The number of carbonyl (C=O) groups excluding carboxylic acids is 2. The maximum atomic E-state index is 12.7. The van der Waals surface area contributed by atoms with Crippen molar-refractivity contribution < 1.29 is 14.3 Å². The van der Waals surface area contributed by atoms with Crippen molar-refractivity contribution in [2.24, 2.45) is 34.1 Å². The molecule has 30 heavy (non-hydrogen) atoms. The molecule has 0 aromatic carbocycles. The second-order valence-electron chi connectivity index (χ2n) is 9.48. The van der Waals surface area contributed by atoms with E-state index in [9.17, 15) is 9.59 Å². The minimum Gasteiger partial charge on any atom is -0.385 e. The lowest BCUT2D eigenvalue weighted by Gasteiger charge is -2.30. The number of nitrogens with one attached hydrogen (secondary N) is 2. The molecule has 2 N–H and O–H groups in total. The number of ether oxygens (including phenoxy) is 1. The highest BCUT2D eigenvalue weighted by molar-refractivity contribution is 6.06. The van der Waals surface area contributed by atoms with Gasteiger partial charge in [0, 0.05) is 40.4 Å². The smallest absolute Gasteiger partial charge is 0.233 e. The van der Waals surface area contributed by atoms with Crippen LogP contribution in [-0.2, 0) is 14.3 Å². The summed E-state index contributed by atoms with van der Waals surface area (Å²) in [5, 5.41) is 6.83. The second-order valence-corrected chi connectivity index (χ2v) is 9.48. The normalized spacial score (nSPS) is 31.7. The summed E-state index contributed by atoms with van der Waals surface area (Å²) in [6.45, 7) is 2.87. The molecule has 0 aromatic heterocycles. The van der Waals surface area contributed by atoms with Crippen LogP contribution in [0.3, 0.4) is 0 Å². The summed E-state index contributed by atoms with van der Waals surface area (Å²) in [6.07, 6.45) is 12.1. The molecule has 4 aliphatic rings. The van der Waals surface area contributed by atoms with Crippen LogP contribution in [0.2, 0.25) is 0 Å². The van der Waals surface area contributed by atoms with Gasteiger partial charge in [-0.05, 0) is 49.4 Å². The molecule has 7 nitrogen and oxygen atoms in total. The Labute approximate surface area is 179 Å². The average molecular weight is 417 g/mol. The number of rotatable bonds is 9. The van der Waals surface area contributed by atoms with Gasteiger partial charge in [-0.15, -0.1) is 0 Å². The molecule has 7 heteroatoms. The van der Waals surface area contributed by atoms with Crippen molar-refractivity contribution in [1.29, 1.82) is 0 Å². The fraction of sp³-hybridized carbons (Fsp3) is 0.783. The van der Waals surface area contributed by atoms with Crippen molar-refractivity contribution in [2.45, 2.75) is 44.9 Å². The van der Waals surface area contributed by atoms with Gasteiger partial charge in [-0.25, -0.2) is 0 Å². The van der Waals surface area contributed by atoms with E-state index in [0.717, 1.165) is 38.4 Å². The molecular formula is C23H36N4O3. The lowest BCUT2D eigenvalue weighted by molar-refractivity contribution is -0.140. The third-order valence-electron chi connectivity index (χ3n) is 7.77. The van der Waals surface area contributed by atoms with E-state index < -0.39 is 0 Å². The van der Waals surface area contributed by atoms with E-state index in [2.05, 4.69) is 27.8 Å². The van der Waals surface area contributed by atoms with Gasteiger partial charge >= 0.3 is 0 Å². The zero-order valence-electron chi connectivity index (χ0n) is 18.4. The van der Waals surface area contributed by atoms with Gasteiger partial charge in [0.05, 0.1) is 11.8 Å². The SMILES string of the molecule is CN=C(NCCCN1C(=O)C2C3C=CC(C3)C2C1=O)NCC1(CCOC)CCCC1. The monoisotopic (exact) mass is 416 g/mol. The molecule has 0 aromatic rings. The topological polar surface area (TPSA) is 83.0 Å². The number of allylic oxidation sites excluding steroid dienone is 2. The third kappa shape index (κ3) is 4.01. The van der Waals surface area contributed by atoms with Gasteiger partial charge in [0.1, 0.15) is 0 Å². The number of carbonyl (C=O) groups is 2. The predicted molar refractivity (Wildman–Crippen MR) is 116 cm³/mol. The first-order chi connectivity index (χ1) is 14.6. The Balaban J connectivity index is 1.20. The molecular weight excluding hydrogens is 380 g/mol. The number of methoxy groups -OCH3 is 1. The summed E-state index contributed by atoms with van der Waals surface area (Å²) >= 11 is 0. The van der Waals surface area contributed by atoms with Crippen LogP contribution in [0.25, 0.3) is 0 Å². The number of guanidine groups is 1. The lowest BCUT2D eigenvalue weighted by Crippen LogP contribution is -2.44. The number of nitrogens with zero attached hydrogens (tertiary/aromatic N) is 2. The van der Waals surface area contributed by atoms with Crippen molar-refractivity contribution in [3.8, 4) is 0 Å². The van der Waals surface area contributed by atoms with E-state index in [4.69, 9.17) is 4.74 Å². The summed E-state index contributed by atoms with van der Waals surface area (Å²) in [4.78, 5) is 31.3. The van der Waals surface area contributed by atoms with Crippen LogP contribution in [0.15, 0.2) is 17.1 Å². The quantitative estimate of drug-likeness (QED) is 0.197. The highest BCUT2D eigenvalue weighted by atomic mass is 16.5. The van der Waals surface area contributed by atoms with E-state index in [0.29, 0.717) is 18.5 Å². The fourth-order valence-corrected chi connectivity index (χ4v) is 6.08. The first kappa shape index (κ1) is 21.3. The number of amides is 2. The highest BCUT2D eigenvalue weighted by Crippen LogP contribution is 2.52. The summed E-state index contributed by atoms with van der Waals surface area (Å²) in [6, 6.07) is 0. The average Bonchev–Trinajstić information content (AvgIpc) is 3.53. The van der Waals surface area contributed by atoms with Crippen LogP contribution in [0.1, 0.15) is 44.9 Å². The molecule has 1 saturated heterocycles. The number of fused-ring (bicyclic) bond motifs is 5. The Morgan fingerprint density at radius 2 is 1.83 bits per heavy atom. The zero-order valence-corrected chi connectivity index (χ0v) is 18.4. The molecule has 3 fully saturated rings. The molecule has 4 unspecified atom stereocenters. The zero-order chi connectivity index (χ0) is 21.1. The lowest BCUT2D eigenvalue weighted by atomic mass is 9.83. The van der Waals surface area contributed by atoms with Gasteiger partial charge in [0.15, 0.2) is 5.96 Å². The Morgan fingerprint density at radius 3 is 2.43 bits per heavy atom. The van der Waals surface area contributed by atoms with Crippen molar-refractivity contribution in [3.05, 3.63) is 12.2 Å². The summed E-state index contributed by atoms with van der Waals surface area (Å²) in [5.74, 6) is 1.26. The van der Waals surface area contributed by atoms with Gasteiger partial charge in [-0.3, -0.25) is 19.5 Å². The summed E-state index contributed by atoms with van der Waals surface area (Å²) in [5.41, 5.74) is 0.299. The maximum Gasteiger partial charge on any atom is 0.233 e. The Morgan fingerprint density at radius 1 is 1.17 bits per heavy atom. The number of imide groups is 1. The molecule has 166 valence electrons. The summed E-state index contributed by atoms with van der Waals surface area (Å²) < 4.78 is 5.31. The molecule has 3 aliphatic carbocycles. The number of hydrogen-bond donors (Lipinski definition) is 2. The standard InChI is InChI=1S/C23H36N4O3/c1-24-22(26-15-23(10-13-30-2)8-3-4-9-23)25-11-5-12-27-20(28)18-16-6-7-17(14-16)19(18)21(27)29/h6-7,16-19H,3-5,8-15H2,1-2H3,(H2,24,25,26). The number of aliphatic imine (C=N–C) groups is 1. The Hall–Kier alpha value is -1.89. The van der Waals surface area contributed by atoms with Crippen molar-refractivity contribution in [3.63, 3.8) is 0 Å². The van der Waals surface area contributed by atoms with Gasteiger partial charge in [-0.1, -0.05) is 25.0 Å². The first-order valence-electron chi connectivity index (χ1n) is 11.6. The second kappa shape index (κ2) is 9.08. The molecule has 4 rings (SSSR count). The van der Waals surface area contributed by atoms with Crippen molar-refractivity contribution >= 4 is 17.8 Å². The molecule has 0 radical (unpaired) electrons. The van der Waals surface area contributed by atoms with E-state index in [1.165, 1.54) is 30.6 Å². The van der Waals surface area contributed by atoms with E-state index >= 15 is 0 Å². The largest absolute Gasteiger partial charge is 0.385 e. The van der Waals surface area contributed by atoms with E-state index in [1.807, 2.05) is 0 Å². The fourth-order valence-electron chi connectivity index (χ4n) is 6.08. The van der Waals surface area contributed by atoms with Gasteiger partial charge in [0.2, 0.25) is 11.8 Å². The highest BCUT2D eigenvalue weighted by Gasteiger charge is 2.58.